The lowest BCUT2D eigenvalue weighted by Crippen LogP contribution is -2.27. The van der Waals surface area contributed by atoms with Gasteiger partial charge in [-0.1, -0.05) is 12.1 Å². The second-order valence-electron chi connectivity index (χ2n) is 6.28. The van der Waals surface area contributed by atoms with Crippen molar-refractivity contribution in [2.75, 3.05) is 6.54 Å². The maximum atomic E-state index is 13.0. The van der Waals surface area contributed by atoms with E-state index in [4.69, 9.17) is 0 Å². The Morgan fingerprint density at radius 1 is 1.23 bits per heavy atom. The number of fused-ring (bicyclic) bond motifs is 1. The van der Waals surface area contributed by atoms with Gasteiger partial charge < -0.3 is 5.32 Å². The number of tetrazole rings is 1. The number of nitrogens with zero attached hydrogens (tertiary/aromatic N) is 4. The Morgan fingerprint density at radius 3 is 2.81 bits per heavy atom. The number of carbonyl (C=O) groups is 1. The number of hydrogen-bond acceptors (Lipinski definition) is 5. The zero-order valence-corrected chi connectivity index (χ0v) is 14.9. The van der Waals surface area contributed by atoms with Gasteiger partial charge in [-0.3, -0.25) is 4.79 Å². The summed E-state index contributed by atoms with van der Waals surface area (Å²) >= 11 is 1.60. The van der Waals surface area contributed by atoms with Gasteiger partial charge in [-0.05, 0) is 65.8 Å². The van der Waals surface area contributed by atoms with Crippen LogP contribution in [0.1, 0.15) is 39.2 Å². The average Bonchev–Trinajstić information content (AvgIpc) is 3.30. The first-order chi connectivity index (χ1) is 12.7. The summed E-state index contributed by atoms with van der Waals surface area (Å²) in [6.07, 6.45) is 6.32. The molecule has 6 nitrogen and oxygen atoms in total. The van der Waals surface area contributed by atoms with E-state index in [0.717, 1.165) is 41.8 Å². The minimum Gasteiger partial charge on any atom is -0.352 e. The molecular formula is C18H18FN5OS. The molecule has 0 saturated heterocycles. The molecule has 0 radical (unpaired) electrons. The Labute approximate surface area is 154 Å². The summed E-state index contributed by atoms with van der Waals surface area (Å²) in [4.78, 5) is 14.1. The highest BCUT2D eigenvalue weighted by Crippen LogP contribution is 2.36. The fourth-order valence-electron chi connectivity index (χ4n) is 3.26. The van der Waals surface area contributed by atoms with Gasteiger partial charge >= 0.3 is 0 Å². The first-order valence-electron chi connectivity index (χ1n) is 8.63. The molecule has 0 aliphatic heterocycles. The highest BCUT2D eigenvalue weighted by atomic mass is 32.1. The van der Waals surface area contributed by atoms with Gasteiger partial charge in [-0.2, -0.15) is 4.68 Å². The van der Waals surface area contributed by atoms with E-state index >= 15 is 0 Å². The third-order valence-corrected chi connectivity index (χ3v) is 5.83. The molecule has 0 saturated carbocycles. The van der Waals surface area contributed by atoms with Gasteiger partial charge in [0.25, 0.3) is 5.91 Å². The van der Waals surface area contributed by atoms with Crippen LogP contribution in [0.15, 0.2) is 30.6 Å². The molecule has 0 bridgehead atoms. The highest BCUT2D eigenvalue weighted by Gasteiger charge is 2.26. The molecule has 2 heterocycles. The molecule has 3 aromatic rings. The van der Waals surface area contributed by atoms with Gasteiger partial charge in [0.1, 0.15) is 17.1 Å². The van der Waals surface area contributed by atoms with Crippen molar-refractivity contribution in [1.82, 2.24) is 25.5 Å². The quantitative estimate of drug-likeness (QED) is 0.748. The zero-order valence-electron chi connectivity index (χ0n) is 14.1. The van der Waals surface area contributed by atoms with Crippen molar-refractivity contribution in [2.24, 2.45) is 0 Å². The van der Waals surface area contributed by atoms with Gasteiger partial charge in [0.2, 0.25) is 0 Å². The molecular weight excluding hydrogens is 353 g/mol. The number of nitrogens with one attached hydrogen (secondary N) is 1. The van der Waals surface area contributed by atoms with Crippen LogP contribution in [0.5, 0.6) is 0 Å². The molecule has 0 spiro atoms. The summed E-state index contributed by atoms with van der Waals surface area (Å²) in [6.45, 7) is 0.490. The van der Waals surface area contributed by atoms with Crippen LogP contribution in [0, 0.1) is 5.82 Å². The molecule has 26 heavy (non-hydrogen) atoms. The summed E-state index contributed by atoms with van der Waals surface area (Å²) in [6, 6.07) is 6.34. The topological polar surface area (TPSA) is 72.7 Å². The van der Waals surface area contributed by atoms with E-state index in [1.165, 1.54) is 23.3 Å². The Morgan fingerprint density at radius 2 is 2.04 bits per heavy atom. The normalized spacial score (nSPS) is 13.4. The number of hydrogen-bond donors (Lipinski definition) is 1. The van der Waals surface area contributed by atoms with Crippen LogP contribution in [0.3, 0.4) is 0 Å². The second-order valence-corrected chi connectivity index (χ2v) is 7.36. The molecule has 0 atom stereocenters. The summed E-state index contributed by atoms with van der Waals surface area (Å²) in [7, 11) is 0. The largest absolute Gasteiger partial charge is 0.352 e. The highest BCUT2D eigenvalue weighted by molar-refractivity contribution is 7.15. The number of amides is 1. The third-order valence-electron chi connectivity index (χ3n) is 4.55. The third kappa shape index (κ3) is 3.37. The second kappa shape index (κ2) is 7.33. The van der Waals surface area contributed by atoms with Crippen LogP contribution >= 0.6 is 11.3 Å². The Bertz CT molecular complexity index is 905. The fourth-order valence-corrected chi connectivity index (χ4v) is 4.56. The van der Waals surface area contributed by atoms with E-state index in [1.54, 1.807) is 28.2 Å². The first-order valence-corrected chi connectivity index (χ1v) is 9.44. The summed E-state index contributed by atoms with van der Waals surface area (Å²) in [5.74, 6) is -0.356. The molecule has 1 amide bonds. The van der Waals surface area contributed by atoms with Gasteiger partial charge in [0, 0.05) is 11.4 Å². The van der Waals surface area contributed by atoms with Crippen LogP contribution < -0.4 is 5.32 Å². The lowest BCUT2D eigenvalue weighted by atomic mass is 9.95. The fraction of sp³-hybridized carbons (Fsp3) is 0.333. The lowest BCUT2D eigenvalue weighted by Gasteiger charge is -2.13. The van der Waals surface area contributed by atoms with Crippen molar-refractivity contribution < 1.29 is 9.18 Å². The maximum absolute atomic E-state index is 13.0. The van der Waals surface area contributed by atoms with Gasteiger partial charge in [0.15, 0.2) is 0 Å². The van der Waals surface area contributed by atoms with Crippen molar-refractivity contribution in [1.29, 1.82) is 0 Å². The maximum Gasteiger partial charge on any atom is 0.254 e. The molecule has 1 aliphatic carbocycles. The number of benzene rings is 1. The molecule has 4 rings (SSSR count). The van der Waals surface area contributed by atoms with E-state index in [2.05, 4.69) is 20.8 Å². The van der Waals surface area contributed by atoms with Crippen LogP contribution in [0.25, 0.3) is 5.00 Å². The van der Waals surface area contributed by atoms with Crippen molar-refractivity contribution in [3.05, 3.63) is 58.0 Å². The predicted octanol–water partition coefficient (Wildman–Crippen LogP) is 2.71. The van der Waals surface area contributed by atoms with Crippen LogP contribution in [0.4, 0.5) is 4.39 Å². The van der Waals surface area contributed by atoms with Crippen LogP contribution in [-0.4, -0.2) is 32.7 Å². The van der Waals surface area contributed by atoms with Crippen LogP contribution in [0.2, 0.25) is 0 Å². The SMILES string of the molecule is O=C(NCCc1ccc(F)cc1)c1c(-n2cnnn2)sc2c1CCCC2. The minimum absolute atomic E-state index is 0.1000. The average molecular weight is 371 g/mol. The molecule has 2 aromatic heterocycles. The number of carbonyl (C=O) groups excluding carboxylic acids is 1. The first kappa shape index (κ1) is 16.8. The Balaban J connectivity index is 1.53. The predicted molar refractivity (Wildman–Crippen MR) is 96.1 cm³/mol. The molecule has 134 valence electrons. The summed E-state index contributed by atoms with van der Waals surface area (Å²) < 4.78 is 14.5. The van der Waals surface area contributed by atoms with Crippen molar-refractivity contribution >= 4 is 17.2 Å². The molecule has 1 aliphatic rings. The van der Waals surface area contributed by atoms with Crippen molar-refractivity contribution in [2.45, 2.75) is 32.1 Å². The minimum atomic E-state index is -0.256. The number of thiophene rings is 1. The van der Waals surface area contributed by atoms with E-state index in [9.17, 15) is 9.18 Å². The standard InChI is InChI=1S/C18H18FN5OS/c19-13-7-5-12(6-8-13)9-10-20-17(25)16-14-3-1-2-4-15(14)26-18(16)24-11-21-22-23-24/h5-8,11H,1-4,9-10H2,(H,20,25). The molecule has 0 fully saturated rings. The lowest BCUT2D eigenvalue weighted by molar-refractivity contribution is 0.0953. The van der Waals surface area contributed by atoms with Gasteiger partial charge in [-0.15, -0.1) is 16.4 Å². The van der Waals surface area contributed by atoms with Gasteiger partial charge in [0.05, 0.1) is 5.56 Å². The van der Waals surface area contributed by atoms with E-state index in [-0.39, 0.29) is 11.7 Å². The Hall–Kier alpha value is -2.61. The number of aromatic nitrogens is 4. The number of rotatable bonds is 5. The number of aryl methyl sites for hydroxylation is 1. The molecule has 1 aromatic carbocycles. The number of halogens is 1. The Kier molecular flexibility index (Phi) is 4.75. The smallest absolute Gasteiger partial charge is 0.254 e. The van der Waals surface area contributed by atoms with Crippen molar-refractivity contribution in [3.8, 4) is 5.00 Å². The van der Waals surface area contributed by atoms with Gasteiger partial charge in [-0.25, -0.2) is 4.39 Å². The zero-order chi connectivity index (χ0) is 17.9. The van der Waals surface area contributed by atoms with E-state index in [1.807, 2.05) is 0 Å². The summed E-state index contributed by atoms with van der Waals surface area (Å²) in [5.41, 5.74) is 2.81. The summed E-state index contributed by atoms with van der Waals surface area (Å²) in [5, 5.41) is 15.1. The van der Waals surface area contributed by atoms with Crippen molar-refractivity contribution in [3.63, 3.8) is 0 Å². The van der Waals surface area contributed by atoms with Crippen LogP contribution in [-0.2, 0) is 19.3 Å². The monoisotopic (exact) mass is 371 g/mol. The molecule has 1 N–H and O–H groups in total. The molecule has 0 unspecified atom stereocenters. The molecule has 8 heteroatoms. The van der Waals surface area contributed by atoms with E-state index < -0.39 is 0 Å². The van der Waals surface area contributed by atoms with E-state index in [0.29, 0.717) is 18.5 Å².